The third-order valence-corrected chi connectivity index (χ3v) is 5.43. The number of nitrogens with one attached hydrogen (secondary N) is 1. The second-order valence-electron chi connectivity index (χ2n) is 5.39. The highest BCUT2D eigenvalue weighted by Crippen LogP contribution is 2.25. The molecule has 120 valence electrons. The molecule has 0 aliphatic heterocycles. The zero-order valence-corrected chi connectivity index (χ0v) is 14.2. The molecule has 0 bridgehead atoms. The highest BCUT2D eigenvalue weighted by molar-refractivity contribution is 7.89. The molecule has 1 unspecified atom stereocenters. The predicted octanol–water partition coefficient (Wildman–Crippen LogP) is 1.60. The van der Waals surface area contributed by atoms with Gasteiger partial charge in [-0.05, 0) is 56.4 Å². The lowest BCUT2D eigenvalue weighted by Gasteiger charge is -2.17. The van der Waals surface area contributed by atoms with Crippen molar-refractivity contribution in [1.29, 1.82) is 0 Å². The van der Waals surface area contributed by atoms with Crippen LogP contribution in [0, 0.1) is 27.7 Å². The second-order valence-corrected chi connectivity index (χ2v) is 7.09. The summed E-state index contributed by atoms with van der Waals surface area (Å²) in [6.45, 7) is 7.82. The number of aliphatic hydroxyl groups excluding tert-OH is 1. The summed E-state index contributed by atoms with van der Waals surface area (Å²) in [6, 6.07) is 1.99. The van der Waals surface area contributed by atoms with E-state index in [4.69, 9.17) is 4.74 Å². The van der Waals surface area contributed by atoms with E-state index in [-0.39, 0.29) is 13.2 Å². The first-order valence-corrected chi connectivity index (χ1v) is 8.43. The average Bonchev–Trinajstić information content (AvgIpc) is 2.36. The quantitative estimate of drug-likeness (QED) is 0.801. The molecule has 1 aromatic carbocycles. The van der Waals surface area contributed by atoms with E-state index in [1.54, 1.807) is 0 Å². The van der Waals surface area contributed by atoms with Gasteiger partial charge < -0.3 is 9.84 Å². The summed E-state index contributed by atoms with van der Waals surface area (Å²) in [5, 5.41) is 9.55. The molecule has 0 saturated carbocycles. The number of methoxy groups -OCH3 is 1. The first-order valence-electron chi connectivity index (χ1n) is 6.94. The van der Waals surface area contributed by atoms with Gasteiger partial charge in [-0.3, -0.25) is 0 Å². The molecule has 0 aliphatic carbocycles. The standard InChI is InChI=1S/C15H25NO4S/c1-10-8-11(2)13(4)15(12(10)3)21(18,19)16-7-6-14(17)9-20-5/h8,14,16-17H,6-7,9H2,1-5H3. The van der Waals surface area contributed by atoms with Gasteiger partial charge in [-0.25, -0.2) is 13.1 Å². The number of aliphatic hydroxyl groups is 1. The molecule has 6 heteroatoms. The molecule has 0 spiro atoms. The minimum Gasteiger partial charge on any atom is -0.391 e. The first-order chi connectivity index (χ1) is 9.70. The highest BCUT2D eigenvalue weighted by Gasteiger charge is 2.21. The van der Waals surface area contributed by atoms with Crippen molar-refractivity contribution >= 4 is 10.0 Å². The molecule has 0 heterocycles. The molecule has 21 heavy (non-hydrogen) atoms. The van der Waals surface area contributed by atoms with E-state index in [2.05, 4.69) is 4.72 Å². The van der Waals surface area contributed by atoms with Gasteiger partial charge in [0.15, 0.2) is 0 Å². The smallest absolute Gasteiger partial charge is 0.241 e. The van der Waals surface area contributed by atoms with Gasteiger partial charge in [0.1, 0.15) is 0 Å². The van der Waals surface area contributed by atoms with Crippen molar-refractivity contribution in [2.45, 2.75) is 45.1 Å². The van der Waals surface area contributed by atoms with Gasteiger partial charge in [0.05, 0.1) is 17.6 Å². The van der Waals surface area contributed by atoms with E-state index in [9.17, 15) is 13.5 Å². The van der Waals surface area contributed by atoms with Crippen LogP contribution in [0.25, 0.3) is 0 Å². The van der Waals surface area contributed by atoms with Crippen molar-refractivity contribution in [3.05, 3.63) is 28.3 Å². The summed E-state index contributed by atoms with van der Waals surface area (Å²) in [6.07, 6.45) is -0.352. The lowest BCUT2D eigenvalue weighted by atomic mass is 10.0. The largest absolute Gasteiger partial charge is 0.391 e. The van der Waals surface area contributed by atoms with Gasteiger partial charge in [-0.15, -0.1) is 0 Å². The Balaban J connectivity index is 2.94. The fourth-order valence-electron chi connectivity index (χ4n) is 2.29. The van der Waals surface area contributed by atoms with Crippen LogP contribution in [0.4, 0.5) is 0 Å². The Morgan fingerprint density at radius 1 is 1.19 bits per heavy atom. The molecule has 1 aromatic rings. The van der Waals surface area contributed by atoms with E-state index in [1.165, 1.54) is 7.11 Å². The number of hydrogen-bond acceptors (Lipinski definition) is 4. The van der Waals surface area contributed by atoms with Gasteiger partial charge in [-0.2, -0.15) is 0 Å². The maximum Gasteiger partial charge on any atom is 0.241 e. The fraction of sp³-hybridized carbons (Fsp3) is 0.600. The number of hydrogen-bond donors (Lipinski definition) is 2. The van der Waals surface area contributed by atoms with E-state index < -0.39 is 16.1 Å². The monoisotopic (exact) mass is 315 g/mol. The van der Waals surface area contributed by atoms with Crippen LogP contribution in [0.2, 0.25) is 0 Å². The Hall–Kier alpha value is -0.950. The summed E-state index contributed by atoms with van der Waals surface area (Å²) in [5.74, 6) is 0. The zero-order chi connectivity index (χ0) is 16.2. The SMILES string of the molecule is COCC(O)CCNS(=O)(=O)c1c(C)c(C)cc(C)c1C. The lowest BCUT2D eigenvalue weighted by molar-refractivity contribution is 0.0603. The Labute approximate surface area is 127 Å². The Kier molecular flexibility index (Phi) is 6.34. The molecule has 0 amide bonds. The summed E-state index contributed by atoms with van der Waals surface area (Å²) >= 11 is 0. The number of ether oxygens (including phenoxy) is 1. The van der Waals surface area contributed by atoms with Gasteiger partial charge in [0.2, 0.25) is 10.0 Å². The van der Waals surface area contributed by atoms with Crippen molar-refractivity contribution < 1.29 is 18.3 Å². The topological polar surface area (TPSA) is 75.6 Å². The predicted molar refractivity (Wildman–Crippen MR) is 83.1 cm³/mol. The van der Waals surface area contributed by atoms with Crippen LogP contribution in [0.15, 0.2) is 11.0 Å². The maximum absolute atomic E-state index is 12.5. The van der Waals surface area contributed by atoms with Gasteiger partial charge in [0.25, 0.3) is 0 Å². The van der Waals surface area contributed by atoms with Crippen molar-refractivity contribution in [1.82, 2.24) is 4.72 Å². The minimum atomic E-state index is -3.58. The van der Waals surface area contributed by atoms with Crippen molar-refractivity contribution in [3.63, 3.8) is 0 Å². The van der Waals surface area contributed by atoms with Gasteiger partial charge >= 0.3 is 0 Å². The van der Waals surface area contributed by atoms with Crippen molar-refractivity contribution in [3.8, 4) is 0 Å². The molecule has 0 saturated heterocycles. The molecule has 0 aliphatic rings. The Bertz CT molecular complexity index is 570. The third-order valence-electron chi connectivity index (χ3n) is 3.69. The van der Waals surface area contributed by atoms with Crippen LogP contribution in [0.3, 0.4) is 0 Å². The molecular weight excluding hydrogens is 290 g/mol. The molecule has 0 aromatic heterocycles. The summed E-state index contributed by atoms with van der Waals surface area (Å²) < 4.78 is 32.4. The van der Waals surface area contributed by atoms with Crippen LogP contribution in [0.5, 0.6) is 0 Å². The molecule has 0 fully saturated rings. The average molecular weight is 315 g/mol. The normalized spacial score (nSPS) is 13.4. The zero-order valence-electron chi connectivity index (χ0n) is 13.4. The second kappa shape index (κ2) is 7.35. The summed E-state index contributed by atoms with van der Waals surface area (Å²) in [5.41, 5.74) is 3.45. The van der Waals surface area contributed by atoms with E-state index >= 15 is 0 Å². The lowest BCUT2D eigenvalue weighted by Crippen LogP contribution is -2.30. The third kappa shape index (κ3) is 4.51. The van der Waals surface area contributed by atoms with E-state index in [0.29, 0.717) is 11.3 Å². The maximum atomic E-state index is 12.5. The Morgan fingerprint density at radius 2 is 1.71 bits per heavy atom. The van der Waals surface area contributed by atoms with Gasteiger partial charge in [0, 0.05) is 13.7 Å². The number of aryl methyl sites for hydroxylation is 2. The molecule has 1 rings (SSSR count). The molecule has 0 radical (unpaired) electrons. The van der Waals surface area contributed by atoms with Crippen LogP contribution in [-0.4, -0.2) is 39.9 Å². The van der Waals surface area contributed by atoms with Crippen LogP contribution in [-0.2, 0) is 14.8 Å². The van der Waals surface area contributed by atoms with Crippen molar-refractivity contribution in [2.24, 2.45) is 0 Å². The highest BCUT2D eigenvalue weighted by atomic mass is 32.2. The molecular formula is C15H25NO4S. The van der Waals surface area contributed by atoms with E-state index in [0.717, 1.165) is 22.3 Å². The number of sulfonamides is 1. The Morgan fingerprint density at radius 3 is 2.19 bits per heavy atom. The first kappa shape index (κ1) is 18.1. The summed E-state index contributed by atoms with van der Waals surface area (Å²) in [7, 11) is -2.08. The van der Waals surface area contributed by atoms with Crippen molar-refractivity contribution in [2.75, 3.05) is 20.3 Å². The molecule has 2 N–H and O–H groups in total. The van der Waals surface area contributed by atoms with E-state index in [1.807, 2.05) is 33.8 Å². The molecule has 5 nitrogen and oxygen atoms in total. The number of rotatable bonds is 7. The summed E-state index contributed by atoms with van der Waals surface area (Å²) in [4.78, 5) is 0.348. The van der Waals surface area contributed by atoms with Gasteiger partial charge in [-0.1, -0.05) is 6.07 Å². The van der Waals surface area contributed by atoms with Crippen LogP contribution >= 0.6 is 0 Å². The van der Waals surface area contributed by atoms with Crippen LogP contribution in [0.1, 0.15) is 28.7 Å². The van der Waals surface area contributed by atoms with Crippen LogP contribution < -0.4 is 4.72 Å². The molecule has 1 atom stereocenters. The number of benzene rings is 1. The minimum absolute atomic E-state index is 0.179. The fourth-order valence-corrected chi connectivity index (χ4v) is 3.95.